The number of rotatable bonds is 2. The summed E-state index contributed by atoms with van der Waals surface area (Å²) in [7, 11) is 3.49. The van der Waals surface area contributed by atoms with Crippen LogP contribution in [-0.4, -0.2) is 19.8 Å². The van der Waals surface area contributed by atoms with Crippen molar-refractivity contribution in [1.82, 2.24) is 0 Å². The van der Waals surface area contributed by atoms with Gasteiger partial charge in [0.1, 0.15) is 11.4 Å². The van der Waals surface area contributed by atoms with E-state index in [2.05, 4.69) is 20.8 Å². The maximum Gasteiger partial charge on any atom is 0.126 e. The molecule has 0 bridgehead atoms. The summed E-state index contributed by atoms with van der Waals surface area (Å²) >= 11 is 0. The first kappa shape index (κ1) is 10.6. The van der Waals surface area contributed by atoms with Crippen molar-refractivity contribution in [1.29, 1.82) is 0 Å². The van der Waals surface area contributed by atoms with Gasteiger partial charge in [-0.3, -0.25) is 0 Å². The van der Waals surface area contributed by atoms with E-state index in [1.54, 1.807) is 14.2 Å². The van der Waals surface area contributed by atoms with E-state index < -0.39 is 0 Å². The van der Waals surface area contributed by atoms with E-state index in [-0.39, 0.29) is 5.60 Å². The third-order valence-corrected chi connectivity index (χ3v) is 3.36. The largest absolute Gasteiger partial charge is 0.498 e. The van der Waals surface area contributed by atoms with Crippen LogP contribution in [0.2, 0.25) is 0 Å². The summed E-state index contributed by atoms with van der Waals surface area (Å²) in [6.45, 7) is 6.45. The summed E-state index contributed by atoms with van der Waals surface area (Å²) < 4.78 is 11.0. The lowest BCUT2D eigenvalue weighted by molar-refractivity contribution is -0.0537. The van der Waals surface area contributed by atoms with Crippen molar-refractivity contribution in [2.24, 2.45) is 5.92 Å². The third kappa shape index (κ3) is 1.60. The molecule has 13 heavy (non-hydrogen) atoms. The summed E-state index contributed by atoms with van der Waals surface area (Å²) in [5.74, 6) is 1.55. The van der Waals surface area contributed by atoms with Gasteiger partial charge in [-0.2, -0.15) is 0 Å². The molecule has 0 radical (unpaired) electrons. The molecule has 0 saturated carbocycles. The highest BCUT2D eigenvalue weighted by Gasteiger charge is 2.40. The van der Waals surface area contributed by atoms with Gasteiger partial charge >= 0.3 is 0 Å². The summed E-state index contributed by atoms with van der Waals surface area (Å²) in [6, 6.07) is 0. The number of hydrogen-bond acceptors (Lipinski definition) is 2. The highest BCUT2D eigenvalue weighted by atomic mass is 16.5. The van der Waals surface area contributed by atoms with E-state index in [0.717, 1.165) is 12.2 Å². The second-order valence-corrected chi connectivity index (χ2v) is 4.06. The number of ether oxygens (including phenoxy) is 2. The molecule has 1 aliphatic rings. The molecule has 0 saturated heterocycles. The SMILES string of the molecule is COC1=C(C)CCC(C)C1(C)OC. The van der Waals surface area contributed by atoms with E-state index in [9.17, 15) is 0 Å². The van der Waals surface area contributed by atoms with Crippen molar-refractivity contribution in [3.05, 3.63) is 11.3 Å². The average molecular weight is 184 g/mol. The molecule has 0 amide bonds. The Kier molecular flexibility index (Phi) is 3.01. The molecule has 0 heterocycles. The van der Waals surface area contributed by atoms with Gasteiger partial charge in [-0.1, -0.05) is 6.92 Å². The molecular weight excluding hydrogens is 164 g/mol. The van der Waals surface area contributed by atoms with E-state index in [0.29, 0.717) is 5.92 Å². The summed E-state index contributed by atoms with van der Waals surface area (Å²) in [5.41, 5.74) is 1.10. The zero-order valence-corrected chi connectivity index (χ0v) is 9.31. The zero-order valence-electron chi connectivity index (χ0n) is 9.31. The van der Waals surface area contributed by atoms with Crippen LogP contribution in [0.25, 0.3) is 0 Å². The molecule has 2 atom stereocenters. The number of methoxy groups -OCH3 is 2. The van der Waals surface area contributed by atoms with E-state index in [1.165, 1.54) is 12.0 Å². The summed E-state index contributed by atoms with van der Waals surface area (Å²) in [5, 5.41) is 0. The first-order valence-corrected chi connectivity index (χ1v) is 4.85. The molecule has 0 aromatic carbocycles. The van der Waals surface area contributed by atoms with Gasteiger partial charge in [0, 0.05) is 7.11 Å². The molecule has 0 aromatic heterocycles. The molecule has 0 N–H and O–H groups in total. The fraction of sp³-hybridized carbons (Fsp3) is 0.818. The molecule has 1 aliphatic carbocycles. The Hall–Kier alpha value is -0.500. The second-order valence-electron chi connectivity index (χ2n) is 4.06. The quantitative estimate of drug-likeness (QED) is 0.657. The Morgan fingerprint density at radius 1 is 1.38 bits per heavy atom. The third-order valence-electron chi connectivity index (χ3n) is 3.36. The standard InChI is InChI=1S/C11H20O2/c1-8-6-7-9(2)11(3,13-5)10(8)12-4/h9H,6-7H2,1-5H3. The highest BCUT2D eigenvalue weighted by molar-refractivity contribution is 5.21. The monoisotopic (exact) mass is 184 g/mol. The fourth-order valence-electron chi connectivity index (χ4n) is 2.14. The van der Waals surface area contributed by atoms with Crippen LogP contribution in [0.5, 0.6) is 0 Å². The molecule has 2 heteroatoms. The van der Waals surface area contributed by atoms with E-state index in [1.807, 2.05) is 0 Å². The minimum Gasteiger partial charge on any atom is -0.498 e. The van der Waals surface area contributed by atoms with Crippen LogP contribution in [-0.2, 0) is 9.47 Å². The summed E-state index contributed by atoms with van der Waals surface area (Å²) in [6.07, 6.45) is 2.31. The van der Waals surface area contributed by atoms with Crippen LogP contribution in [0.3, 0.4) is 0 Å². The molecule has 0 fully saturated rings. The smallest absolute Gasteiger partial charge is 0.126 e. The highest BCUT2D eigenvalue weighted by Crippen LogP contribution is 2.40. The van der Waals surface area contributed by atoms with Crippen molar-refractivity contribution in [3.8, 4) is 0 Å². The Morgan fingerprint density at radius 2 is 2.00 bits per heavy atom. The van der Waals surface area contributed by atoms with Crippen LogP contribution in [0.15, 0.2) is 11.3 Å². The lowest BCUT2D eigenvalue weighted by atomic mass is 9.78. The van der Waals surface area contributed by atoms with Gasteiger partial charge < -0.3 is 9.47 Å². The van der Waals surface area contributed by atoms with Crippen LogP contribution < -0.4 is 0 Å². The lowest BCUT2D eigenvalue weighted by Gasteiger charge is -2.40. The van der Waals surface area contributed by atoms with Gasteiger partial charge in [0.2, 0.25) is 0 Å². The van der Waals surface area contributed by atoms with Gasteiger partial charge in [0.05, 0.1) is 7.11 Å². The van der Waals surface area contributed by atoms with Crippen molar-refractivity contribution >= 4 is 0 Å². The molecule has 0 aliphatic heterocycles. The maximum absolute atomic E-state index is 5.58. The predicted molar refractivity (Wildman–Crippen MR) is 53.5 cm³/mol. The van der Waals surface area contributed by atoms with Gasteiger partial charge in [-0.25, -0.2) is 0 Å². The van der Waals surface area contributed by atoms with Crippen LogP contribution in [0, 0.1) is 5.92 Å². The topological polar surface area (TPSA) is 18.5 Å². The minimum atomic E-state index is -0.225. The number of hydrogen-bond donors (Lipinski definition) is 0. The Labute approximate surface area is 80.9 Å². The Bertz CT molecular complexity index is 220. The van der Waals surface area contributed by atoms with Crippen molar-refractivity contribution in [3.63, 3.8) is 0 Å². The van der Waals surface area contributed by atoms with Crippen LogP contribution >= 0.6 is 0 Å². The van der Waals surface area contributed by atoms with Crippen LogP contribution in [0.1, 0.15) is 33.6 Å². The lowest BCUT2D eigenvalue weighted by Crippen LogP contribution is -2.41. The molecule has 76 valence electrons. The molecule has 1 rings (SSSR count). The fourth-order valence-corrected chi connectivity index (χ4v) is 2.14. The molecule has 2 unspecified atom stereocenters. The first-order valence-electron chi connectivity index (χ1n) is 4.85. The normalized spacial score (nSPS) is 35.0. The zero-order chi connectivity index (χ0) is 10.1. The maximum atomic E-state index is 5.58. The number of allylic oxidation sites excluding steroid dienone is 1. The van der Waals surface area contributed by atoms with E-state index in [4.69, 9.17) is 9.47 Å². The van der Waals surface area contributed by atoms with E-state index >= 15 is 0 Å². The van der Waals surface area contributed by atoms with Gasteiger partial charge in [0.15, 0.2) is 0 Å². The predicted octanol–water partition coefficient (Wildman–Crippen LogP) is 2.74. The Balaban J connectivity index is 3.05. The van der Waals surface area contributed by atoms with Gasteiger partial charge in [-0.05, 0) is 38.2 Å². The minimum absolute atomic E-state index is 0.225. The van der Waals surface area contributed by atoms with Crippen LogP contribution in [0.4, 0.5) is 0 Å². The van der Waals surface area contributed by atoms with Crippen molar-refractivity contribution < 1.29 is 9.47 Å². The molecular formula is C11H20O2. The first-order chi connectivity index (χ1) is 6.06. The van der Waals surface area contributed by atoms with Gasteiger partial charge in [-0.15, -0.1) is 0 Å². The molecule has 0 aromatic rings. The average Bonchev–Trinajstić information content (AvgIpc) is 2.13. The van der Waals surface area contributed by atoms with Crippen molar-refractivity contribution in [2.75, 3.05) is 14.2 Å². The van der Waals surface area contributed by atoms with Crippen molar-refractivity contribution in [2.45, 2.75) is 39.2 Å². The van der Waals surface area contributed by atoms with Gasteiger partial charge in [0.25, 0.3) is 0 Å². The molecule has 0 spiro atoms. The second kappa shape index (κ2) is 3.70. The molecule has 2 nitrogen and oxygen atoms in total. The summed E-state index contributed by atoms with van der Waals surface area (Å²) in [4.78, 5) is 0. The Morgan fingerprint density at radius 3 is 2.38 bits per heavy atom.